The summed E-state index contributed by atoms with van der Waals surface area (Å²) >= 11 is 0. The summed E-state index contributed by atoms with van der Waals surface area (Å²) < 4.78 is 0. The monoisotopic (exact) mass is 559 g/mol. The predicted octanol–water partition coefficient (Wildman–Crippen LogP) is -1.06. The van der Waals surface area contributed by atoms with Gasteiger partial charge in [0.2, 0.25) is 23.6 Å². The Labute approximate surface area is 228 Å². The van der Waals surface area contributed by atoms with E-state index in [9.17, 15) is 44.1 Å². The van der Waals surface area contributed by atoms with Crippen molar-refractivity contribution < 1.29 is 44.1 Å². The molecule has 0 spiro atoms. The number of carboxylic acids is 2. The van der Waals surface area contributed by atoms with E-state index >= 15 is 0 Å². The highest BCUT2D eigenvalue weighted by molar-refractivity contribution is 5.96. The molecule has 39 heavy (non-hydrogen) atoms. The Morgan fingerprint density at radius 1 is 0.692 bits per heavy atom. The molecule has 0 bridgehead atoms. The van der Waals surface area contributed by atoms with Crippen molar-refractivity contribution in [2.75, 3.05) is 6.61 Å². The van der Waals surface area contributed by atoms with Crippen LogP contribution in [0.1, 0.15) is 67.2 Å². The molecule has 0 unspecified atom stereocenters. The summed E-state index contributed by atoms with van der Waals surface area (Å²) in [5.74, 6) is -6.59. The highest BCUT2D eigenvalue weighted by atomic mass is 16.4. The summed E-state index contributed by atoms with van der Waals surface area (Å²) in [5.41, 5.74) is 5.92. The first-order chi connectivity index (χ1) is 18.0. The topological polar surface area (TPSA) is 237 Å². The van der Waals surface area contributed by atoms with Crippen molar-refractivity contribution in [1.82, 2.24) is 21.3 Å². The number of nitrogens with one attached hydrogen (secondary N) is 4. The predicted molar refractivity (Wildman–Crippen MR) is 141 cm³/mol. The Hall–Kier alpha value is -3.26. The number of aliphatic carboxylic acids is 2. The SMILES string of the molecule is CC[C@H](C)[C@H](NC(=O)[C@@H](N)CC(C)C)C(=O)N[C@@H](CO)C(=O)N[C@@H](CC(=O)O)C(=O)N[C@@H](CC(C)C)C(=O)O. The van der Waals surface area contributed by atoms with Gasteiger partial charge in [-0.05, 0) is 30.6 Å². The van der Waals surface area contributed by atoms with Crippen LogP contribution < -0.4 is 27.0 Å². The number of aliphatic hydroxyl groups is 1. The summed E-state index contributed by atoms with van der Waals surface area (Å²) in [4.78, 5) is 73.9. The quantitative estimate of drug-likeness (QED) is 0.101. The minimum atomic E-state index is -1.69. The fourth-order valence-electron chi connectivity index (χ4n) is 3.65. The molecule has 0 aromatic rings. The standard InChI is InChI=1S/C25H45N5O9/c1-7-14(6)20(30-21(34)15(26)8-12(2)3)24(37)29-18(11-31)23(36)27-16(10-19(32)33)22(35)28-17(25(38)39)9-13(4)5/h12-18,20,31H,7-11,26H2,1-6H3,(H,27,36)(H,28,35)(H,29,37)(H,30,34)(H,32,33)(H,38,39)/t14-,15-,16-,17-,18-,20-/m0/s1. The molecule has 4 amide bonds. The zero-order chi connectivity index (χ0) is 30.4. The maximum Gasteiger partial charge on any atom is 0.326 e. The Morgan fingerprint density at radius 3 is 1.62 bits per heavy atom. The summed E-state index contributed by atoms with van der Waals surface area (Å²) in [6, 6.07) is -6.55. The molecule has 0 rings (SSSR count). The lowest BCUT2D eigenvalue weighted by atomic mass is 9.96. The summed E-state index contributed by atoms with van der Waals surface area (Å²) in [6.45, 7) is 9.84. The molecule has 0 saturated carbocycles. The molecular weight excluding hydrogens is 514 g/mol. The van der Waals surface area contributed by atoms with Gasteiger partial charge in [-0.1, -0.05) is 48.0 Å². The minimum Gasteiger partial charge on any atom is -0.481 e. The maximum absolute atomic E-state index is 13.0. The van der Waals surface area contributed by atoms with Crippen molar-refractivity contribution in [1.29, 1.82) is 0 Å². The number of carbonyl (C=O) groups is 6. The molecule has 224 valence electrons. The van der Waals surface area contributed by atoms with Crippen molar-refractivity contribution in [2.24, 2.45) is 23.5 Å². The zero-order valence-electron chi connectivity index (χ0n) is 23.5. The lowest BCUT2D eigenvalue weighted by Crippen LogP contribution is -2.60. The fraction of sp³-hybridized carbons (Fsp3) is 0.760. The Balaban J connectivity index is 5.64. The number of hydrogen-bond donors (Lipinski definition) is 8. The number of hydrogen-bond acceptors (Lipinski definition) is 8. The third-order valence-electron chi connectivity index (χ3n) is 6.00. The first kappa shape index (κ1) is 35.7. The molecular formula is C25H45N5O9. The lowest BCUT2D eigenvalue weighted by molar-refractivity contribution is -0.144. The lowest BCUT2D eigenvalue weighted by Gasteiger charge is -2.28. The molecule has 9 N–H and O–H groups in total. The van der Waals surface area contributed by atoms with E-state index in [0.29, 0.717) is 12.8 Å². The first-order valence-corrected chi connectivity index (χ1v) is 13.1. The van der Waals surface area contributed by atoms with Crippen molar-refractivity contribution in [3.05, 3.63) is 0 Å². The van der Waals surface area contributed by atoms with Gasteiger partial charge in [-0.25, -0.2) is 4.79 Å². The molecule has 0 aliphatic heterocycles. The van der Waals surface area contributed by atoms with Gasteiger partial charge >= 0.3 is 11.9 Å². The van der Waals surface area contributed by atoms with E-state index in [1.165, 1.54) is 0 Å². The van der Waals surface area contributed by atoms with E-state index in [2.05, 4.69) is 21.3 Å². The second kappa shape index (κ2) is 17.4. The van der Waals surface area contributed by atoms with Crippen LogP contribution in [0.3, 0.4) is 0 Å². The molecule has 0 aromatic heterocycles. The van der Waals surface area contributed by atoms with Crippen molar-refractivity contribution >= 4 is 35.6 Å². The van der Waals surface area contributed by atoms with Gasteiger partial charge in [0.15, 0.2) is 0 Å². The van der Waals surface area contributed by atoms with Crippen LogP contribution in [0.15, 0.2) is 0 Å². The molecule has 0 aliphatic carbocycles. The maximum atomic E-state index is 13.0. The van der Waals surface area contributed by atoms with Gasteiger partial charge in [0, 0.05) is 0 Å². The van der Waals surface area contributed by atoms with Crippen molar-refractivity contribution in [3.63, 3.8) is 0 Å². The van der Waals surface area contributed by atoms with Crippen LogP contribution >= 0.6 is 0 Å². The van der Waals surface area contributed by atoms with Gasteiger partial charge in [0.1, 0.15) is 24.2 Å². The van der Waals surface area contributed by atoms with Gasteiger partial charge < -0.3 is 42.3 Å². The van der Waals surface area contributed by atoms with E-state index in [1.54, 1.807) is 27.7 Å². The summed E-state index contributed by atoms with van der Waals surface area (Å²) in [6.07, 6.45) is 0.0513. The van der Waals surface area contributed by atoms with E-state index < -0.39 is 78.8 Å². The molecule has 14 heteroatoms. The number of nitrogens with two attached hydrogens (primary N) is 1. The Bertz CT molecular complexity index is 865. The minimum absolute atomic E-state index is 0.0632. The van der Waals surface area contributed by atoms with Crippen LogP contribution in [0.2, 0.25) is 0 Å². The third kappa shape index (κ3) is 13.4. The van der Waals surface area contributed by atoms with Gasteiger partial charge in [-0.15, -0.1) is 0 Å². The average molecular weight is 560 g/mol. The zero-order valence-corrected chi connectivity index (χ0v) is 23.5. The molecule has 0 aliphatic rings. The van der Waals surface area contributed by atoms with Crippen LogP contribution in [-0.2, 0) is 28.8 Å². The van der Waals surface area contributed by atoms with E-state index in [4.69, 9.17) is 5.73 Å². The van der Waals surface area contributed by atoms with E-state index in [1.807, 2.05) is 13.8 Å². The van der Waals surface area contributed by atoms with Gasteiger partial charge in [0.25, 0.3) is 0 Å². The second-order valence-electron chi connectivity index (χ2n) is 10.5. The number of carboxylic acid groups (broad SMARTS) is 2. The first-order valence-electron chi connectivity index (χ1n) is 13.1. The van der Waals surface area contributed by atoms with E-state index in [0.717, 1.165) is 0 Å². The van der Waals surface area contributed by atoms with Crippen LogP contribution in [0.5, 0.6) is 0 Å². The molecule has 6 atom stereocenters. The van der Waals surface area contributed by atoms with Crippen LogP contribution in [0.4, 0.5) is 0 Å². The fourth-order valence-corrected chi connectivity index (χ4v) is 3.65. The van der Waals surface area contributed by atoms with Crippen LogP contribution in [-0.4, -0.2) is 87.7 Å². The van der Waals surface area contributed by atoms with Crippen LogP contribution in [0, 0.1) is 17.8 Å². The number of rotatable bonds is 18. The van der Waals surface area contributed by atoms with Crippen LogP contribution in [0.25, 0.3) is 0 Å². The van der Waals surface area contributed by atoms with Gasteiger partial charge in [-0.3, -0.25) is 24.0 Å². The molecule has 0 heterocycles. The largest absolute Gasteiger partial charge is 0.481 e. The van der Waals surface area contributed by atoms with Gasteiger partial charge in [0.05, 0.1) is 19.1 Å². The highest BCUT2D eigenvalue weighted by Crippen LogP contribution is 2.11. The number of carbonyl (C=O) groups excluding carboxylic acids is 4. The normalized spacial score (nSPS) is 15.8. The average Bonchev–Trinajstić information content (AvgIpc) is 2.82. The summed E-state index contributed by atoms with van der Waals surface area (Å²) in [7, 11) is 0. The third-order valence-corrected chi connectivity index (χ3v) is 6.00. The second-order valence-corrected chi connectivity index (χ2v) is 10.5. The van der Waals surface area contributed by atoms with Crippen molar-refractivity contribution in [2.45, 2.75) is 97.4 Å². The number of aliphatic hydroxyl groups excluding tert-OH is 1. The Morgan fingerprint density at radius 2 is 1.18 bits per heavy atom. The molecule has 0 aromatic carbocycles. The molecule has 14 nitrogen and oxygen atoms in total. The smallest absolute Gasteiger partial charge is 0.326 e. The Kier molecular flexibility index (Phi) is 15.9. The molecule has 0 radical (unpaired) electrons. The van der Waals surface area contributed by atoms with E-state index in [-0.39, 0.29) is 24.2 Å². The number of amides is 4. The summed E-state index contributed by atoms with van der Waals surface area (Å²) in [5, 5.41) is 37.6. The van der Waals surface area contributed by atoms with Gasteiger partial charge in [-0.2, -0.15) is 0 Å². The molecule has 0 fully saturated rings. The molecule has 0 saturated heterocycles. The highest BCUT2D eigenvalue weighted by Gasteiger charge is 2.34. The van der Waals surface area contributed by atoms with Crippen molar-refractivity contribution in [3.8, 4) is 0 Å².